The van der Waals surface area contributed by atoms with E-state index >= 15 is 0 Å². The van der Waals surface area contributed by atoms with Crippen LogP contribution in [-0.4, -0.2) is 46.9 Å². The molecule has 1 aliphatic heterocycles. The van der Waals surface area contributed by atoms with Crippen LogP contribution in [0.15, 0.2) is 58.5 Å². The van der Waals surface area contributed by atoms with Gasteiger partial charge in [0.2, 0.25) is 5.91 Å². The van der Waals surface area contributed by atoms with Crippen LogP contribution in [-0.2, 0) is 11.2 Å². The van der Waals surface area contributed by atoms with Gasteiger partial charge < -0.3 is 20.0 Å². The van der Waals surface area contributed by atoms with Crippen molar-refractivity contribution < 1.29 is 18.8 Å². The van der Waals surface area contributed by atoms with E-state index in [1.54, 1.807) is 22.4 Å². The maximum absolute atomic E-state index is 12.6. The van der Waals surface area contributed by atoms with Gasteiger partial charge in [0.05, 0.1) is 18.4 Å². The van der Waals surface area contributed by atoms with Crippen LogP contribution < -0.4 is 16.0 Å². The van der Waals surface area contributed by atoms with Crippen molar-refractivity contribution in [2.24, 2.45) is 0 Å². The second-order valence-electron chi connectivity index (χ2n) is 7.37. The van der Waals surface area contributed by atoms with Gasteiger partial charge in [0.1, 0.15) is 0 Å². The van der Waals surface area contributed by atoms with Gasteiger partial charge in [-0.3, -0.25) is 14.9 Å². The predicted octanol–water partition coefficient (Wildman–Crippen LogP) is 3.34. The number of likely N-dealkylation sites (tertiary alicyclic amines) is 1. The number of rotatable bonds is 6. The molecular weight excluding hydrogens is 430 g/mol. The summed E-state index contributed by atoms with van der Waals surface area (Å²) in [4.78, 5) is 42.9. The van der Waals surface area contributed by atoms with Crippen molar-refractivity contribution in [3.05, 3.63) is 65.6 Å². The Kier molecular flexibility index (Phi) is 6.81. The molecule has 9 nitrogen and oxygen atoms in total. The number of piperidine rings is 1. The molecule has 0 radical (unpaired) electrons. The first-order chi connectivity index (χ1) is 15.6. The molecule has 0 bridgehead atoms. The Labute approximate surface area is 188 Å². The van der Waals surface area contributed by atoms with E-state index in [0.717, 1.165) is 5.69 Å². The monoisotopic (exact) mass is 453 g/mol. The molecule has 0 spiro atoms. The van der Waals surface area contributed by atoms with Crippen molar-refractivity contribution >= 4 is 40.0 Å². The summed E-state index contributed by atoms with van der Waals surface area (Å²) >= 11 is 1.26. The van der Waals surface area contributed by atoms with Crippen molar-refractivity contribution in [1.29, 1.82) is 0 Å². The van der Waals surface area contributed by atoms with E-state index in [2.05, 4.69) is 20.9 Å². The fourth-order valence-electron chi connectivity index (χ4n) is 3.43. The van der Waals surface area contributed by atoms with Gasteiger partial charge in [0.15, 0.2) is 10.9 Å². The minimum atomic E-state index is -0.381. The normalized spacial score (nSPS) is 14.1. The van der Waals surface area contributed by atoms with Crippen molar-refractivity contribution in [3.63, 3.8) is 0 Å². The average molecular weight is 454 g/mol. The lowest BCUT2D eigenvalue weighted by Gasteiger charge is -2.32. The SMILES string of the molecule is O=C(Nc1ccccc1)NC1CCN(C(=O)Cc2csc(NC(=O)c3ccco3)n2)CC1. The van der Waals surface area contributed by atoms with Gasteiger partial charge in [-0.1, -0.05) is 18.2 Å². The molecule has 3 N–H and O–H groups in total. The molecule has 1 aromatic carbocycles. The van der Waals surface area contributed by atoms with Crippen LogP contribution in [0.5, 0.6) is 0 Å². The Bertz CT molecular complexity index is 1060. The number of benzene rings is 1. The third-order valence-corrected chi connectivity index (χ3v) is 5.87. The summed E-state index contributed by atoms with van der Waals surface area (Å²) in [5.74, 6) is -0.203. The summed E-state index contributed by atoms with van der Waals surface area (Å²) < 4.78 is 5.05. The van der Waals surface area contributed by atoms with E-state index in [0.29, 0.717) is 36.8 Å². The van der Waals surface area contributed by atoms with Gasteiger partial charge in [0, 0.05) is 30.2 Å². The first kappa shape index (κ1) is 21.6. The lowest BCUT2D eigenvalue weighted by Crippen LogP contribution is -2.47. The van der Waals surface area contributed by atoms with Crippen molar-refractivity contribution in [3.8, 4) is 0 Å². The highest BCUT2D eigenvalue weighted by Crippen LogP contribution is 2.19. The summed E-state index contributed by atoms with van der Waals surface area (Å²) in [6.45, 7) is 1.14. The fourth-order valence-corrected chi connectivity index (χ4v) is 4.13. The van der Waals surface area contributed by atoms with Gasteiger partial charge in [-0.05, 0) is 37.1 Å². The molecule has 32 heavy (non-hydrogen) atoms. The van der Waals surface area contributed by atoms with Gasteiger partial charge >= 0.3 is 6.03 Å². The number of hydrogen-bond acceptors (Lipinski definition) is 6. The van der Waals surface area contributed by atoms with Gasteiger partial charge in [0.25, 0.3) is 5.91 Å². The number of anilines is 2. The maximum atomic E-state index is 12.6. The molecule has 1 saturated heterocycles. The lowest BCUT2D eigenvalue weighted by atomic mass is 10.0. The summed E-state index contributed by atoms with van der Waals surface area (Å²) in [5.41, 5.74) is 1.35. The molecule has 10 heteroatoms. The zero-order chi connectivity index (χ0) is 22.3. The Morgan fingerprint density at radius 2 is 1.84 bits per heavy atom. The standard InChI is InChI=1S/C22H23N5O4S/c28-19(13-17-14-32-22(25-17)26-20(29)18-7-4-12-31-18)27-10-8-16(9-11-27)24-21(30)23-15-5-2-1-3-6-15/h1-7,12,14,16H,8-11,13H2,(H2,23,24,30)(H,25,26,29). The Morgan fingerprint density at radius 3 is 2.56 bits per heavy atom. The number of urea groups is 1. The van der Waals surface area contributed by atoms with Crippen LogP contribution >= 0.6 is 11.3 Å². The van der Waals surface area contributed by atoms with E-state index < -0.39 is 0 Å². The minimum absolute atomic E-state index is 0.0189. The van der Waals surface area contributed by atoms with Gasteiger partial charge in [-0.2, -0.15) is 0 Å². The largest absolute Gasteiger partial charge is 0.459 e. The van der Waals surface area contributed by atoms with Crippen LogP contribution in [0.25, 0.3) is 0 Å². The number of nitrogens with zero attached hydrogens (tertiary/aromatic N) is 2. The topological polar surface area (TPSA) is 117 Å². The Balaban J connectivity index is 1.20. The van der Waals surface area contributed by atoms with E-state index in [4.69, 9.17) is 4.42 Å². The van der Waals surface area contributed by atoms with E-state index in [1.807, 2.05) is 30.3 Å². The highest BCUT2D eigenvalue weighted by atomic mass is 32.1. The molecule has 0 atom stereocenters. The minimum Gasteiger partial charge on any atom is -0.459 e. The Hall–Kier alpha value is -3.66. The van der Waals surface area contributed by atoms with Crippen LogP contribution in [0.1, 0.15) is 29.1 Å². The number of nitrogens with one attached hydrogen (secondary N) is 3. The van der Waals surface area contributed by atoms with E-state index in [9.17, 15) is 14.4 Å². The summed E-state index contributed by atoms with van der Waals surface area (Å²) in [5, 5.41) is 10.6. The highest BCUT2D eigenvalue weighted by molar-refractivity contribution is 7.14. The van der Waals surface area contributed by atoms with Crippen LogP contribution in [0.3, 0.4) is 0 Å². The molecule has 4 amide bonds. The van der Waals surface area contributed by atoms with Gasteiger partial charge in [-0.15, -0.1) is 11.3 Å². The molecule has 4 rings (SSSR count). The number of amides is 4. The third kappa shape index (κ3) is 5.73. The second-order valence-corrected chi connectivity index (χ2v) is 8.23. The second kappa shape index (κ2) is 10.1. The summed E-state index contributed by atoms with van der Waals surface area (Å²) in [6.07, 6.45) is 2.97. The third-order valence-electron chi connectivity index (χ3n) is 5.06. The predicted molar refractivity (Wildman–Crippen MR) is 121 cm³/mol. The van der Waals surface area contributed by atoms with Crippen LogP contribution in [0.2, 0.25) is 0 Å². The molecule has 3 heterocycles. The first-order valence-electron chi connectivity index (χ1n) is 10.3. The average Bonchev–Trinajstić information content (AvgIpc) is 3.47. The highest BCUT2D eigenvalue weighted by Gasteiger charge is 2.24. The van der Waals surface area contributed by atoms with Crippen molar-refractivity contribution in [2.75, 3.05) is 23.7 Å². The Morgan fingerprint density at radius 1 is 1.06 bits per heavy atom. The van der Waals surface area contributed by atoms with Crippen LogP contribution in [0.4, 0.5) is 15.6 Å². The summed E-state index contributed by atoms with van der Waals surface area (Å²) in [6, 6.07) is 12.2. The smallest absolute Gasteiger partial charge is 0.319 e. The number of carbonyl (C=O) groups is 3. The lowest BCUT2D eigenvalue weighted by molar-refractivity contribution is -0.131. The van der Waals surface area contributed by atoms with E-state index in [-0.39, 0.29) is 36.1 Å². The van der Waals surface area contributed by atoms with Gasteiger partial charge in [-0.25, -0.2) is 9.78 Å². The number of thiazole rings is 1. The molecular formula is C22H23N5O4S. The van der Waals surface area contributed by atoms with Crippen molar-refractivity contribution in [2.45, 2.75) is 25.3 Å². The zero-order valence-electron chi connectivity index (χ0n) is 17.2. The molecule has 0 aliphatic carbocycles. The first-order valence-corrected chi connectivity index (χ1v) is 11.1. The quantitative estimate of drug-likeness (QED) is 0.529. The van der Waals surface area contributed by atoms with Crippen LogP contribution in [0, 0.1) is 0 Å². The molecule has 0 unspecified atom stereocenters. The maximum Gasteiger partial charge on any atom is 0.319 e. The number of aromatic nitrogens is 1. The molecule has 2 aromatic heterocycles. The molecule has 0 saturated carbocycles. The number of furan rings is 1. The number of para-hydroxylation sites is 1. The molecule has 1 aliphatic rings. The van der Waals surface area contributed by atoms with Crippen molar-refractivity contribution in [1.82, 2.24) is 15.2 Å². The number of hydrogen-bond donors (Lipinski definition) is 3. The molecule has 166 valence electrons. The fraction of sp³-hybridized carbons (Fsp3) is 0.273. The molecule has 3 aromatic rings. The molecule has 1 fully saturated rings. The number of carbonyl (C=O) groups excluding carboxylic acids is 3. The zero-order valence-corrected chi connectivity index (χ0v) is 18.1. The van der Waals surface area contributed by atoms with E-state index in [1.165, 1.54) is 17.6 Å². The summed E-state index contributed by atoms with van der Waals surface area (Å²) in [7, 11) is 0.